The molecule has 0 spiro atoms. The number of Topliss-reactive ketones (excluding diaryl/α,β-unsaturated/α-hetero) is 1. The number of ether oxygens (including phenoxy) is 1. The maximum absolute atomic E-state index is 13.3. The number of amides is 1. The van der Waals surface area contributed by atoms with E-state index in [-0.39, 0.29) is 12.2 Å². The molecular weight excluding hydrogens is 606 g/mol. The third kappa shape index (κ3) is 17.1. The first-order chi connectivity index (χ1) is 22.1. The second-order valence-corrected chi connectivity index (χ2v) is 13.1. The van der Waals surface area contributed by atoms with Crippen molar-refractivity contribution in [2.45, 2.75) is 123 Å². The molecule has 0 radical (unpaired) electrons. The molecule has 11 heteroatoms. The molecule has 0 saturated heterocycles. The first-order valence-corrected chi connectivity index (χ1v) is 16.8. The summed E-state index contributed by atoms with van der Waals surface area (Å²) in [5.41, 5.74) is -2.45. The maximum Gasteiger partial charge on any atom is 0.337 e. The molecular formula is C36H55NO10. The van der Waals surface area contributed by atoms with E-state index in [4.69, 9.17) is 4.74 Å². The monoisotopic (exact) mass is 661 g/mol. The van der Waals surface area contributed by atoms with Crippen LogP contribution in [0, 0.1) is 17.8 Å². The number of ketones is 1. The number of carboxylic acids is 3. The molecule has 1 rings (SSSR count). The second kappa shape index (κ2) is 22.0. The Kier molecular flexibility index (Phi) is 19.3. The van der Waals surface area contributed by atoms with Crippen LogP contribution in [-0.4, -0.2) is 68.3 Å². The predicted molar refractivity (Wildman–Crippen MR) is 178 cm³/mol. The molecule has 0 aliphatic heterocycles. The molecule has 0 aliphatic carbocycles. The highest BCUT2D eigenvalue weighted by Gasteiger charge is 2.49. The van der Waals surface area contributed by atoms with E-state index in [1.807, 2.05) is 0 Å². The zero-order valence-corrected chi connectivity index (χ0v) is 28.4. The van der Waals surface area contributed by atoms with Crippen LogP contribution in [-0.2, 0) is 30.4 Å². The lowest BCUT2D eigenvalue weighted by Crippen LogP contribution is -2.55. The smallest absolute Gasteiger partial charge is 0.337 e. The molecule has 0 saturated carbocycles. The Hall–Kier alpha value is -3.73. The fourth-order valence-electron chi connectivity index (χ4n) is 5.01. The third-order valence-corrected chi connectivity index (χ3v) is 7.92. The molecule has 5 N–H and O–H groups in total. The minimum atomic E-state index is -3.01. The van der Waals surface area contributed by atoms with E-state index in [2.05, 4.69) is 33.0 Å². The molecule has 0 fully saturated rings. The van der Waals surface area contributed by atoms with Crippen molar-refractivity contribution < 1.29 is 49.1 Å². The summed E-state index contributed by atoms with van der Waals surface area (Å²) >= 11 is 0. The van der Waals surface area contributed by atoms with Crippen LogP contribution >= 0.6 is 0 Å². The van der Waals surface area contributed by atoms with Crippen LogP contribution in [0.5, 0.6) is 5.75 Å². The number of rotatable bonds is 26. The van der Waals surface area contributed by atoms with Gasteiger partial charge in [-0.3, -0.25) is 14.4 Å². The fourth-order valence-corrected chi connectivity index (χ4v) is 5.01. The zero-order chi connectivity index (χ0) is 35.4. The third-order valence-electron chi connectivity index (χ3n) is 7.92. The molecule has 1 aromatic carbocycles. The van der Waals surface area contributed by atoms with Crippen LogP contribution < -0.4 is 10.1 Å². The minimum Gasteiger partial charge on any atom is -0.494 e. The zero-order valence-electron chi connectivity index (χ0n) is 28.4. The molecule has 0 aromatic heterocycles. The van der Waals surface area contributed by atoms with E-state index < -0.39 is 47.8 Å². The number of aliphatic hydroxyl groups is 1. The first kappa shape index (κ1) is 41.3. The molecule has 3 atom stereocenters. The number of aliphatic carboxylic acids is 3. The summed E-state index contributed by atoms with van der Waals surface area (Å²) in [6.07, 6.45) is 9.73. The lowest BCUT2D eigenvalue weighted by molar-refractivity contribution is -0.172. The number of benzene rings is 1. The van der Waals surface area contributed by atoms with Gasteiger partial charge in [-0.15, -0.1) is 0 Å². The molecule has 11 nitrogen and oxygen atoms in total. The van der Waals surface area contributed by atoms with Gasteiger partial charge >= 0.3 is 17.9 Å². The number of carbonyl (C=O) groups excluding carboxylic acids is 2. The minimum absolute atomic E-state index is 0.144. The molecule has 0 unspecified atom stereocenters. The highest BCUT2D eigenvalue weighted by atomic mass is 16.5. The van der Waals surface area contributed by atoms with Crippen LogP contribution in [0.15, 0.2) is 36.4 Å². The van der Waals surface area contributed by atoms with Crippen molar-refractivity contribution in [1.82, 2.24) is 5.32 Å². The molecule has 0 aliphatic rings. The van der Waals surface area contributed by atoms with Crippen molar-refractivity contribution in [3.05, 3.63) is 42.0 Å². The van der Waals surface area contributed by atoms with Crippen LogP contribution in [0.3, 0.4) is 0 Å². The lowest BCUT2D eigenvalue weighted by atomic mass is 9.82. The van der Waals surface area contributed by atoms with Gasteiger partial charge in [-0.05, 0) is 61.6 Å². The largest absolute Gasteiger partial charge is 0.494 e. The average Bonchev–Trinajstić information content (AvgIpc) is 2.98. The normalized spacial score (nSPS) is 14.1. The van der Waals surface area contributed by atoms with E-state index in [0.29, 0.717) is 55.4 Å². The van der Waals surface area contributed by atoms with Gasteiger partial charge in [-0.2, -0.15) is 0 Å². The van der Waals surface area contributed by atoms with Gasteiger partial charge in [0.2, 0.25) is 5.91 Å². The highest BCUT2D eigenvalue weighted by molar-refractivity contribution is 5.94. The summed E-state index contributed by atoms with van der Waals surface area (Å²) in [7, 11) is 0. The van der Waals surface area contributed by atoms with Crippen molar-refractivity contribution in [2.24, 2.45) is 17.8 Å². The van der Waals surface area contributed by atoms with Crippen molar-refractivity contribution >= 4 is 29.6 Å². The number of hydrogen-bond acceptors (Lipinski definition) is 7. The summed E-state index contributed by atoms with van der Waals surface area (Å²) < 4.78 is 5.68. The van der Waals surface area contributed by atoms with E-state index in [0.717, 1.165) is 51.0 Å². The Labute approximate surface area is 278 Å². The van der Waals surface area contributed by atoms with Crippen molar-refractivity contribution in [3.8, 4) is 5.75 Å². The summed E-state index contributed by atoms with van der Waals surface area (Å²) in [6, 6.07) is 5.21. The van der Waals surface area contributed by atoms with Crippen LogP contribution in [0.4, 0.5) is 0 Å². The lowest BCUT2D eigenvalue weighted by Gasteiger charge is -2.29. The van der Waals surface area contributed by atoms with E-state index in [1.54, 1.807) is 24.3 Å². The Morgan fingerprint density at radius 2 is 1.43 bits per heavy atom. The summed E-state index contributed by atoms with van der Waals surface area (Å²) in [5, 5.41) is 42.1. The van der Waals surface area contributed by atoms with Crippen molar-refractivity contribution in [2.75, 3.05) is 6.61 Å². The SMILES string of the molecule is CC(C)CCCCC(=O)CCCCCC/C=C/[C@H](C(=O)N[C@@H](Cc1ccc(OCCC(C)C)cc1)C(=O)O)[C@](O)(CC(=O)O)C(=O)O. The number of carboxylic acid groups (broad SMARTS) is 3. The molecule has 264 valence electrons. The van der Waals surface area contributed by atoms with Gasteiger partial charge in [0.1, 0.15) is 17.6 Å². The number of carbonyl (C=O) groups is 5. The maximum atomic E-state index is 13.3. The van der Waals surface area contributed by atoms with E-state index in [1.165, 1.54) is 6.08 Å². The molecule has 0 heterocycles. The number of allylic oxidation sites excluding steroid dienone is 1. The Morgan fingerprint density at radius 1 is 0.830 bits per heavy atom. The molecule has 47 heavy (non-hydrogen) atoms. The Bertz CT molecular complexity index is 1160. The first-order valence-electron chi connectivity index (χ1n) is 16.8. The molecule has 0 bridgehead atoms. The summed E-state index contributed by atoms with van der Waals surface area (Å²) in [6.45, 7) is 9.02. The standard InChI is InChI=1S/C36H55NO10/c1-25(2)13-11-12-15-28(38)14-9-7-5-6-8-10-16-30(36(46,35(44)45)24-32(39)40)33(41)37-31(34(42)43)23-27-17-19-29(20-18-27)47-22-21-26(3)4/h10,16-20,25-26,30-31,46H,5-9,11-15,21-24H2,1-4H3,(H,37,41)(H,39,40)(H,42,43)(H,44,45)/b16-10+/t30-,31+,36-/m1/s1. The van der Waals surface area contributed by atoms with Gasteiger partial charge in [-0.25, -0.2) is 9.59 Å². The second-order valence-electron chi connectivity index (χ2n) is 13.1. The molecule has 1 amide bonds. The Balaban J connectivity index is 2.83. The Morgan fingerprint density at radius 3 is 1.98 bits per heavy atom. The van der Waals surface area contributed by atoms with E-state index in [9.17, 15) is 44.4 Å². The summed E-state index contributed by atoms with van der Waals surface area (Å²) in [5.74, 6) is -5.96. The average molecular weight is 662 g/mol. The van der Waals surface area contributed by atoms with Gasteiger partial charge in [0.25, 0.3) is 0 Å². The number of hydrogen-bond donors (Lipinski definition) is 5. The highest BCUT2D eigenvalue weighted by Crippen LogP contribution is 2.26. The van der Waals surface area contributed by atoms with Gasteiger partial charge in [0, 0.05) is 19.3 Å². The van der Waals surface area contributed by atoms with Crippen molar-refractivity contribution in [1.29, 1.82) is 0 Å². The van der Waals surface area contributed by atoms with E-state index >= 15 is 0 Å². The number of unbranched alkanes of at least 4 members (excludes halogenated alkanes) is 5. The van der Waals surface area contributed by atoms with Gasteiger partial charge < -0.3 is 30.5 Å². The van der Waals surface area contributed by atoms with Gasteiger partial charge in [0.15, 0.2) is 5.60 Å². The molecule has 1 aromatic rings. The topological polar surface area (TPSA) is 188 Å². The predicted octanol–water partition coefficient (Wildman–Crippen LogP) is 5.81. The van der Waals surface area contributed by atoms with Gasteiger partial charge in [0.05, 0.1) is 18.9 Å². The van der Waals surface area contributed by atoms with Crippen LogP contribution in [0.2, 0.25) is 0 Å². The van der Waals surface area contributed by atoms with Crippen molar-refractivity contribution in [3.63, 3.8) is 0 Å². The quantitative estimate of drug-likeness (QED) is 0.0599. The van der Waals surface area contributed by atoms with Gasteiger partial charge in [-0.1, -0.05) is 77.7 Å². The van der Waals surface area contributed by atoms with Crippen LogP contribution in [0.25, 0.3) is 0 Å². The fraction of sp³-hybridized carbons (Fsp3) is 0.639. The number of nitrogens with one attached hydrogen (secondary N) is 1. The van der Waals surface area contributed by atoms with Crippen LogP contribution in [0.1, 0.15) is 110 Å². The summed E-state index contributed by atoms with van der Waals surface area (Å²) in [4.78, 5) is 61.0.